The van der Waals surface area contributed by atoms with Gasteiger partial charge >= 0.3 is 0 Å². The summed E-state index contributed by atoms with van der Waals surface area (Å²) < 4.78 is 6.01. The molecule has 2 heteroatoms. The van der Waals surface area contributed by atoms with Crippen molar-refractivity contribution in [2.75, 3.05) is 0 Å². The van der Waals surface area contributed by atoms with Crippen LogP contribution in [0.15, 0.2) is 111 Å². The van der Waals surface area contributed by atoms with Gasteiger partial charge in [-0.25, -0.2) is 0 Å². The van der Waals surface area contributed by atoms with E-state index >= 15 is 0 Å². The molecule has 0 saturated carbocycles. The van der Waals surface area contributed by atoms with Crippen molar-refractivity contribution in [2.24, 2.45) is 0 Å². The fourth-order valence-corrected chi connectivity index (χ4v) is 5.78. The van der Waals surface area contributed by atoms with Gasteiger partial charge in [-0.1, -0.05) is 72.4 Å². The number of rotatable bonds is 1. The molecule has 7 rings (SSSR count). The normalized spacial score (nSPS) is 12.5. The lowest BCUT2D eigenvalue weighted by Crippen LogP contribution is -1.93. The van der Waals surface area contributed by atoms with Crippen LogP contribution >= 0.6 is 11.8 Å². The van der Waals surface area contributed by atoms with E-state index in [0.29, 0.717) is 0 Å². The largest absolute Gasteiger partial charge is 0.456 e. The van der Waals surface area contributed by atoms with E-state index in [0.717, 1.165) is 11.2 Å². The van der Waals surface area contributed by atoms with E-state index in [1.165, 1.54) is 53.6 Å². The van der Waals surface area contributed by atoms with Crippen LogP contribution in [0.25, 0.3) is 55.0 Å². The molecule has 30 heavy (non-hydrogen) atoms. The lowest BCUT2D eigenvalue weighted by Gasteiger charge is -2.21. The highest BCUT2D eigenvalue weighted by atomic mass is 32.2. The molecule has 0 saturated heterocycles. The number of furan rings is 1. The highest BCUT2D eigenvalue weighted by molar-refractivity contribution is 7.99. The van der Waals surface area contributed by atoms with E-state index in [1.54, 1.807) is 0 Å². The number of para-hydroxylation sites is 1. The molecular weight excluding hydrogens is 384 g/mol. The minimum absolute atomic E-state index is 0.937. The lowest BCUT2D eigenvalue weighted by atomic mass is 9.94. The summed E-state index contributed by atoms with van der Waals surface area (Å²) >= 11 is 1.87. The molecule has 0 N–H and O–H groups in total. The Kier molecular flexibility index (Phi) is 3.27. The van der Waals surface area contributed by atoms with Crippen LogP contribution in [0, 0.1) is 0 Å². The van der Waals surface area contributed by atoms with Crippen LogP contribution in [0.1, 0.15) is 0 Å². The first-order chi connectivity index (χ1) is 14.8. The van der Waals surface area contributed by atoms with Crippen LogP contribution in [-0.2, 0) is 0 Å². The smallest absolute Gasteiger partial charge is 0.135 e. The fraction of sp³-hybridized carbons (Fsp3) is 0. The molecule has 0 radical (unpaired) electrons. The fourth-order valence-electron chi connectivity index (χ4n) is 4.65. The SMILES string of the molecule is c1cc2c3c(cccc3c1)-c1cc(-c3ccc4oc5ccccc5c4c3)ccc1S2. The summed E-state index contributed by atoms with van der Waals surface area (Å²) in [5.41, 5.74) is 6.97. The van der Waals surface area contributed by atoms with Gasteiger partial charge in [-0.15, -0.1) is 0 Å². The molecule has 2 heterocycles. The first-order valence-electron chi connectivity index (χ1n) is 10.1. The summed E-state index contributed by atoms with van der Waals surface area (Å²) in [6, 6.07) is 34.8. The second-order valence-corrected chi connectivity index (χ2v) is 8.87. The first-order valence-corrected chi connectivity index (χ1v) is 10.9. The van der Waals surface area contributed by atoms with Crippen LogP contribution < -0.4 is 0 Å². The summed E-state index contributed by atoms with van der Waals surface area (Å²) in [6.07, 6.45) is 0. The molecule has 0 aliphatic carbocycles. The van der Waals surface area contributed by atoms with Crippen LogP contribution in [0.4, 0.5) is 0 Å². The molecule has 1 aliphatic heterocycles. The summed E-state index contributed by atoms with van der Waals surface area (Å²) in [7, 11) is 0. The van der Waals surface area contributed by atoms with Crippen molar-refractivity contribution in [1.82, 2.24) is 0 Å². The Morgan fingerprint density at radius 1 is 0.533 bits per heavy atom. The van der Waals surface area contributed by atoms with Crippen molar-refractivity contribution < 1.29 is 4.42 Å². The zero-order valence-electron chi connectivity index (χ0n) is 16.1. The molecular formula is C28H16OS. The maximum Gasteiger partial charge on any atom is 0.135 e. The standard InChI is InChI=1S/C28H16OS/c1-2-9-24-20(7-1)22-15-18(11-13-25(22)29-24)19-12-14-26-23(16-19)21-8-3-5-17-6-4-10-27(30-26)28(17)21/h1-16H. The van der Waals surface area contributed by atoms with Gasteiger partial charge in [0, 0.05) is 25.9 Å². The van der Waals surface area contributed by atoms with E-state index in [2.05, 4.69) is 84.9 Å². The van der Waals surface area contributed by atoms with E-state index in [4.69, 9.17) is 4.42 Å². The molecule has 1 aliphatic rings. The van der Waals surface area contributed by atoms with Crippen LogP contribution in [0.2, 0.25) is 0 Å². The van der Waals surface area contributed by atoms with E-state index < -0.39 is 0 Å². The van der Waals surface area contributed by atoms with E-state index in [-0.39, 0.29) is 0 Å². The highest BCUT2D eigenvalue weighted by Gasteiger charge is 2.19. The Labute approximate surface area is 178 Å². The number of hydrogen-bond donors (Lipinski definition) is 0. The van der Waals surface area contributed by atoms with Gasteiger partial charge in [-0.05, 0) is 64.0 Å². The molecule has 5 aromatic carbocycles. The average Bonchev–Trinajstić information content (AvgIpc) is 3.17. The van der Waals surface area contributed by atoms with E-state index in [1.807, 2.05) is 23.9 Å². The second kappa shape index (κ2) is 6.01. The number of hydrogen-bond acceptors (Lipinski definition) is 2. The number of benzene rings is 5. The summed E-state index contributed by atoms with van der Waals surface area (Å²) in [5.74, 6) is 0. The molecule has 140 valence electrons. The van der Waals surface area contributed by atoms with Crippen molar-refractivity contribution in [3.63, 3.8) is 0 Å². The molecule has 0 amide bonds. The quantitative estimate of drug-likeness (QED) is 0.274. The third-order valence-corrected chi connectivity index (χ3v) is 7.20. The molecule has 0 bridgehead atoms. The van der Waals surface area contributed by atoms with Crippen molar-refractivity contribution in [2.45, 2.75) is 9.79 Å². The molecule has 1 nitrogen and oxygen atoms in total. The minimum atomic E-state index is 0.937. The highest BCUT2D eigenvalue weighted by Crippen LogP contribution is 2.48. The molecule has 6 aromatic rings. The lowest BCUT2D eigenvalue weighted by molar-refractivity contribution is 0.669. The third kappa shape index (κ3) is 2.25. The maximum atomic E-state index is 6.01. The maximum absolute atomic E-state index is 6.01. The summed E-state index contributed by atoms with van der Waals surface area (Å²) in [6.45, 7) is 0. The summed E-state index contributed by atoms with van der Waals surface area (Å²) in [4.78, 5) is 2.66. The Morgan fingerprint density at radius 3 is 2.30 bits per heavy atom. The zero-order valence-corrected chi connectivity index (χ0v) is 16.9. The topological polar surface area (TPSA) is 13.1 Å². The molecule has 0 fully saturated rings. The van der Waals surface area contributed by atoms with Gasteiger partial charge in [0.2, 0.25) is 0 Å². The Morgan fingerprint density at radius 2 is 1.33 bits per heavy atom. The first kappa shape index (κ1) is 16.3. The Bertz CT molecular complexity index is 1620. The second-order valence-electron chi connectivity index (χ2n) is 7.78. The van der Waals surface area contributed by atoms with Gasteiger partial charge in [0.25, 0.3) is 0 Å². The third-order valence-electron chi connectivity index (χ3n) is 6.07. The van der Waals surface area contributed by atoms with Gasteiger partial charge in [0.15, 0.2) is 0 Å². The van der Waals surface area contributed by atoms with Crippen molar-refractivity contribution in [3.05, 3.63) is 97.1 Å². The Hall–Kier alpha value is -3.49. The van der Waals surface area contributed by atoms with Crippen LogP contribution in [-0.4, -0.2) is 0 Å². The van der Waals surface area contributed by atoms with Gasteiger partial charge in [0.1, 0.15) is 11.2 Å². The van der Waals surface area contributed by atoms with Crippen molar-refractivity contribution in [1.29, 1.82) is 0 Å². The van der Waals surface area contributed by atoms with Gasteiger partial charge < -0.3 is 4.42 Å². The van der Waals surface area contributed by atoms with Crippen LogP contribution in [0.5, 0.6) is 0 Å². The van der Waals surface area contributed by atoms with Gasteiger partial charge in [-0.2, -0.15) is 0 Å². The average molecular weight is 401 g/mol. The zero-order chi connectivity index (χ0) is 19.7. The van der Waals surface area contributed by atoms with Gasteiger partial charge in [0.05, 0.1) is 0 Å². The summed E-state index contributed by atoms with van der Waals surface area (Å²) in [5, 5.41) is 5.01. The number of fused-ring (bicyclic) bond motifs is 5. The Balaban J connectivity index is 1.45. The molecule has 0 spiro atoms. The van der Waals surface area contributed by atoms with E-state index in [9.17, 15) is 0 Å². The minimum Gasteiger partial charge on any atom is -0.456 e. The van der Waals surface area contributed by atoms with Crippen molar-refractivity contribution in [3.8, 4) is 22.3 Å². The molecule has 1 aromatic heterocycles. The predicted molar refractivity (Wildman–Crippen MR) is 126 cm³/mol. The molecule has 0 atom stereocenters. The monoisotopic (exact) mass is 400 g/mol. The van der Waals surface area contributed by atoms with Gasteiger partial charge in [-0.3, -0.25) is 0 Å². The molecule has 0 unspecified atom stereocenters. The van der Waals surface area contributed by atoms with Crippen LogP contribution in [0.3, 0.4) is 0 Å². The predicted octanol–water partition coefficient (Wildman–Crippen LogP) is 8.54. The van der Waals surface area contributed by atoms with Crippen molar-refractivity contribution >= 4 is 44.5 Å².